The summed E-state index contributed by atoms with van der Waals surface area (Å²) in [6.45, 7) is 1.17. The average molecular weight is 277 g/mol. The molecule has 20 heavy (non-hydrogen) atoms. The first kappa shape index (κ1) is 12.7. The van der Waals surface area contributed by atoms with Gasteiger partial charge in [-0.05, 0) is 49.4 Å². The fourth-order valence-electron chi connectivity index (χ4n) is 4.84. The van der Waals surface area contributed by atoms with Crippen molar-refractivity contribution in [1.82, 2.24) is 4.90 Å². The van der Waals surface area contributed by atoms with E-state index < -0.39 is 5.97 Å². The molecule has 0 aromatic carbocycles. The zero-order valence-corrected chi connectivity index (χ0v) is 11.8. The molecule has 1 saturated heterocycles. The molecule has 3 aliphatic carbocycles. The van der Waals surface area contributed by atoms with Crippen molar-refractivity contribution in [3.8, 4) is 0 Å². The van der Waals surface area contributed by atoms with Crippen LogP contribution in [-0.4, -0.2) is 35.0 Å². The van der Waals surface area contributed by atoms with E-state index in [2.05, 4.69) is 0 Å². The third kappa shape index (κ3) is 1.95. The van der Waals surface area contributed by atoms with Crippen LogP contribution in [0.5, 0.6) is 0 Å². The van der Waals surface area contributed by atoms with Crippen LogP contribution in [0.2, 0.25) is 0 Å². The number of hydrogen-bond acceptors (Lipinski definition) is 2. The maximum absolute atomic E-state index is 12.7. The first-order valence-corrected chi connectivity index (χ1v) is 8.18. The molecule has 4 fully saturated rings. The molecule has 4 rings (SSSR count). The molecule has 1 amide bonds. The van der Waals surface area contributed by atoms with Gasteiger partial charge >= 0.3 is 5.97 Å². The van der Waals surface area contributed by atoms with E-state index in [1.807, 2.05) is 4.90 Å². The SMILES string of the molecule is O=C(O)[C@H]1CN(C(=O)C2C3CCCCC32)C[C@@H]1C1CC1. The molecule has 3 saturated carbocycles. The zero-order valence-electron chi connectivity index (χ0n) is 11.8. The van der Waals surface area contributed by atoms with Crippen LogP contribution in [0.15, 0.2) is 0 Å². The standard InChI is InChI=1S/C16H23NO3/c18-15(14-10-3-1-2-4-11(10)14)17-7-12(9-5-6-9)13(8-17)16(19)20/h9-14H,1-8H2,(H,19,20)/t10?,11?,12-,13+,14?/m1/s1. The molecule has 1 aliphatic heterocycles. The minimum Gasteiger partial charge on any atom is -0.481 e. The molecule has 1 N–H and O–H groups in total. The lowest BCUT2D eigenvalue weighted by Gasteiger charge is -2.16. The summed E-state index contributed by atoms with van der Waals surface area (Å²) in [7, 11) is 0. The van der Waals surface area contributed by atoms with Crippen molar-refractivity contribution in [2.24, 2.45) is 35.5 Å². The second-order valence-corrected chi connectivity index (χ2v) is 7.33. The van der Waals surface area contributed by atoms with Crippen LogP contribution in [0, 0.1) is 35.5 Å². The van der Waals surface area contributed by atoms with E-state index in [1.54, 1.807) is 0 Å². The second-order valence-electron chi connectivity index (χ2n) is 7.33. The average Bonchev–Trinajstić information content (AvgIpc) is 3.34. The van der Waals surface area contributed by atoms with Gasteiger partial charge < -0.3 is 10.0 Å². The van der Waals surface area contributed by atoms with Gasteiger partial charge in [0.1, 0.15) is 0 Å². The highest BCUT2D eigenvalue weighted by Crippen LogP contribution is 2.56. The maximum Gasteiger partial charge on any atom is 0.308 e. The molecule has 0 spiro atoms. The smallest absolute Gasteiger partial charge is 0.308 e. The van der Waals surface area contributed by atoms with E-state index in [0.29, 0.717) is 30.8 Å². The van der Waals surface area contributed by atoms with Crippen LogP contribution in [0.3, 0.4) is 0 Å². The van der Waals surface area contributed by atoms with Crippen molar-refractivity contribution < 1.29 is 14.7 Å². The van der Waals surface area contributed by atoms with Crippen molar-refractivity contribution in [2.45, 2.75) is 38.5 Å². The quantitative estimate of drug-likeness (QED) is 0.858. The third-order valence-electron chi connectivity index (χ3n) is 6.16. The minimum absolute atomic E-state index is 0.220. The molecule has 0 radical (unpaired) electrons. The third-order valence-corrected chi connectivity index (χ3v) is 6.16. The van der Waals surface area contributed by atoms with E-state index in [9.17, 15) is 14.7 Å². The van der Waals surface area contributed by atoms with Crippen LogP contribution in [-0.2, 0) is 9.59 Å². The van der Waals surface area contributed by atoms with E-state index >= 15 is 0 Å². The van der Waals surface area contributed by atoms with Crippen LogP contribution < -0.4 is 0 Å². The molecule has 4 aliphatic rings. The van der Waals surface area contributed by atoms with Gasteiger partial charge in [-0.25, -0.2) is 0 Å². The summed E-state index contributed by atoms with van der Waals surface area (Å²) in [5, 5.41) is 9.38. The van der Waals surface area contributed by atoms with E-state index in [-0.39, 0.29) is 23.7 Å². The number of fused-ring (bicyclic) bond motifs is 1. The molecule has 2 unspecified atom stereocenters. The minimum atomic E-state index is -0.703. The molecular weight excluding hydrogens is 254 g/mol. The molecule has 4 heteroatoms. The number of carbonyl (C=O) groups excluding carboxylic acids is 1. The first-order valence-electron chi connectivity index (χ1n) is 8.18. The highest BCUT2D eigenvalue weighted by molar-refractivity contribution is 5.84. The molecule has 110 valence electrons. The van der Waals surface area contributed by atoms with Gasteiger partial charge in [0.15, 0.2) is 0 Å². The monoisotopic (exact) mass is 277 g/mol. The van der Waals surface area contributed by atoms with Crippen LogP contribution in [0.1, 0.15) is 38.5 Å². The Labute approximate surface area is 119 Å². The summed E-state index contributed by atoms with van der Waals surface area (Å²) in [5.41, 5.74) is 0. The molecule has 0 bridgehead atoms. The van der Waals surface area contributed by atoms with Gasteiger partial charge in [-0.3, -0.25) is 9.59 Å². The van der Waals surface area contributed by atoms with Gasteiger partial charge in [0, 0.05) is 19.0 Å². The van der Waals surface area contributed by atoms with Crippen LogP contribution >= 0.6 is 0 Å². The second kappa shape index (κ2) is 4.47. The molecule has 0 aromatic heterocycles. The number of carbonyl (C=O) groups is 2. The van der Waals surface area contributed by atoms with Crippen molar-refractivity contribution in [3.63, 3.8) is 0 Å². The van der Waals surface area contributed by atoms with Gasteiger partial charge in [0.25, 0.3) is 0 Å². The Balaban J connectivity index is 1.44. The predicted molar refractivity (Wildman–Crippen MR) is 72.9 cm³/mol. The van der Waals surface area contributed by atoms with Gasteiger partial charge in [-0.2, -0.15) is 0 Å². The van der Waals surface area contributed by atoms with E-state index in [4.69, 9.17) is 0 Å². The summed E-state index contributed by atoms with van der Waals surface area (Å²) in [4.78, 5) is 26.0. The maximum atomic E-state index is 12.7. The summed E-state index contributed by atoms with van der Waals surface area (Å²) in [6.07, 6.45) is 7.28. The highest BCUT2D eigenvalue weighted by Gasteiger charge is 2.57. The van der Waals surface area contributed by atoms with E-state index in [0.717, 1.165) is 12.8 Å². The van der Waals surface area contributed by atoms with Crippen molar-refractivity contribution in [1.29, 1.82) is 0 Å². The first-order chi connectivity index (χ1) is 9.66. The van der Waals surface area contributed by atoms with Gasteiger partial charge in [0.05, 0.1) is 5.92 Å². The molecule has 1 heterocycles. The number of carboxylic acids is 1. The lowest BCUT2D eigenvalue weighted by atomic mass is 9.92. The molecule has 0 aromatic rings. The Morgan fingerprint density at radius 2 is 1.55 bits per heavy atom. The predicted octanol–water partition coefficient (Wildman–Crippen LogP) is 1.99. The Hall–Kier alpha value is -1.06. The normalized spacial score (nSPS) is 43.2. The number of amides is 1. The Kier molecular flexibility index (Phi) is 2.83. The van der Waals surface area contributed by atoms with Gasteiger partial charge in [0.2, 0.25) is 5.91 Å². The fourth-order valence-corrected chi connectivity index (χ4v) is 4.84. The number of carboxylic acid groups (broad SMARTS) is 1. The molecule has 4 nitrogen and oxygen atoms in total. The number of rotatable bonds is 3. The number of nitrogens with zero attached hydrogens (tertiary/aromatic N) is 1. The molecule has 4 atom stereocenters. The Morgan fingerprint density at radius 1 is 0.900 bits per heavy atom. The highest BCUT2D eigenvalue weighted by atomic mass is 16.4. The summed E-state index contributed by atoms with van der Waals surface area (Å²) < 4.78 is 0. The van der Waals surface area contributed by atoms with Crippen molar-refractivity contribution in [2.75, 3.05) is 13.1 Å². The van der Waals surface area contributed by atoms with Crippen LogP contribution in [0.25, 0.3) is 0 Å². The van der Waals surface area contributed by atoms with Crippen molar-refractivity contribution in [3.05, 3.63) is 0 Å². The number of likely N-dealkylation sites (tertiary alicyclic amines) is 1. The summed E-state index contributed by atoms with van der Waals surface area (Å²) in [6, 6.07) is 0. The topological polar surface area (TPSA) is 57.6 Å². The fraction of sp³-hybridized carbons (Fsp3) is 0.875. The van der Waals surface area contributed by atoms with Crippen molar-refractivity contribution >= 4 is 11.9 Å². The van der Waals surface area contributed by atoms with Gasteiger partial charge in [-0.15, -0.1) is 0 Å². The summed E-state index contributed by atoms with van der Waals surface area (Å²) in [5.74, 6) is 1.53. The zero-order chi connectivity index (χ0) is 13.9. The largest absolute Gasteiger partial charge is 0.481 e. The van der Waals surface area contributed by atoms with E-state index in [1.165, 1.54) is 25.7 Å². The lowest BCUT2D eigenvalue weighted by molar-refractivity contribution is -0.142. The summed E-state index contributed by atoms with van der Waals surface area (Å²) >= 11 is 0. The number of hydrogen-bond donors (Lipinski definition) is 1. The van der Waals surface area contributed by atoms with Crippen LogP contribution in [0.4, 0.5) is 0 Å². The lowest BCUT2D eigenvalue weighted by Crippen LogP contribution is -2.32. The Bertz CT molecular complexity index is 433. The number of aliphatic carboxylic acids is 1. The molecular formula is C16H23NO3. The van der Waals surface area contributed by atoms with Gasteiger partial charge in [-0.1, -0.05) is 12.8 Å². The Morgan fingerprint density at radius 3 is 2.10 bits per heavy atom.